The molecule has 0 bridgehead atoms. The van der Waals surface area contributed by atoms with Crippen molar-refractivity contribution in [2.75, 3.05) is 26.7 Å². The molecule has 1 unspecified atom stereocenters. The number of likely N-dealkylation sites (N-methyl/N-ethyl adjacent to an activating group) is 1. The number of aromatic nitrogens is 2. The molecule has 24 heavy (non-hydrogen) atoms. The number of hydrogen-bond donors (Lipinski definition) is 2. The molecule has 0 aliphatic carbocycles. The summed E-state index contributed by atoms with van der Waals surface area (Å²) in [4.78, 5) is 6.41. The number of nitrogens with zero attached hydrogens (tertiary/aromatic N) is 3. The molecule has 0 saturated carbocycles. The van der Waals surface area contributed by atoms with Gasteiger partial charge in [0.1, 0.15) is 4.21 Å². The molecule has 0 radical (unpaired) electrons. The average molecular weight is 414 g/mol. The first-order valence-corrected chi connectivity index (χ1v) is 9.62. The Morgan fingerprint density at radius 3 is 3.00 bits per heavy atom. The molecule has 3 rings (SSSR count). The normalized spacial score (nSPS) is 19.2. The Kier molecular flexibility index (Phi) is 6.59. The molecule has 134 valence electrons. The SMILES string of the molecule is CN1CCNCC1c1noc(CNS(=O)(=O)c2ccc(Cl)s2)n1.Cl. The van der Waals surface area contributed by atoms with Crippen LogP contribution in [-0.2, 0) is 16.6 Å². The van der Waals surface area contributed by atoms with Crippen LogP contribution in [0.3, 0.4) is 0 Å². The van der Waals surface area contributed by atoms with Crippen molar-refractivity contribution in [3.05, 3.63) is 28.2 Å². The Labute approximate surface area is 155 Å². The first kappa shape index (κ1) is 19.6. The van der Waals surface area contributed by atoms with E-state index in [1.54, 1.807) is 0 Å². The maximum Gasteiger partial charge on any atom is 0.250 e. The zero-order valence-electron chi connectivity index (χ0n) is 12.7. The van der Waals surface area contributed by atoms with Gasteiger partial charge in [-0.15, -0.1) is 23.7 Å². The van der Waals surface area contributed by atoms with Crippen LogP contribution in [0.25, 0.3) is 0 Å². The van der Waals surface area contributed by atoms with Gasteiger partial charge in [0.2, 0.25) is 5.89 Å². The number of piperazine rings is 1. The van der Waals surface area contributed by atoms with E-state index >= 15 is 0 Å². The van der Waals surface area contributed by atoms with Gasteiger partial charge in [0.05, 0.1) is 16.9 Å². The van der Waals surface area contributed by atoms with E-state index in [0.717, 1.165) is 31.0 Å². The molecular formula is C12H17Cl2N5O3S2. The van der Waals surface area contributed by atoms with Crippen LogP contribution < -0.4 is 10.0 Å². The number of hydrogen-bond acceptors (Lipinski definition) is 8. The minimum absolute atomic E-state index is 0. The van der Waals surface area contributed by atoms with E-state index in [1.165, 1.54) is 12.1 Å². The van der Waals surface area contributed by atoms with Crippen LogP contribution in [0.15, 0.2) is 20.9 Å². The van der Waals surface area contributed by atoms with Crippen LogP contribution in [0, 0.1) is 0 Å². The summed E-state index contributed by atoms with van der Waals surface area (Å²) < 4.78 is 32.4. The van der Waals surface area contributed by atoms with E-state index in [2.05, 4.69) is 25.1 Å². The second-order valence-corrected chi connectivity index (χ2v) is 8.84. The first-order valence-electron chi connectivity index (χ1n) is 6.94. The minimum Gasteiger partial charge on any atom is -0.338 e. The summed E-state index contributed by atoms with van der Waals surface area (Å²) in [6.07, 6.45) is 0. The van der Waals surface area contributed by atoms with E-state index in [9.17, 15) is 8.42 Å². The lowest BCUT2D eigenvalue weighted by Gasteiger charge is -2.30. The minimum atomic E-state index is -3.63. The molecule has 1 saturated heterocycles. The van der Waals surface area contributed by atoms with Gasteiger partial charge in [-0.2, -0.15) is 4.98 Å². The van der Waals surface area contributed by atoms with Crippen LogP contribution in [0.2, 0.25) is 4.34 Å². The van der Waals surface area contributed by atoms with Gasteiger partial charge in [0, 0.05) is 19.6 Å². The summed E-state index contributed by atoms with van der Waals surface area (Å²) >= 11 is 6.75. The van der Waals surface area contributed by atoms with Gasteiger partial charge in [0.25, 0.3) is 10.0 Å². The van der Waals surface area contributed by atoms with E-state index < -0.39 is 10.0 Å². The van der Waals surface area contributed by atoms with Crippen LogP contribution in [-0.4, -0.2) is 50.1 Å². The molecule has 3 heterocycles. The van der Waals surface area contributed by atoms with E-state index in [1.807, 2.05) is 7.05 Å². The first-order chi connectivity index (χ1) is 11.0. The summed E-state index contributed by atoms with van der Waals surface area (Å²) in [7, 11) is -1.64. The maximum atomic E-state index is 12.1. The highest BCUT2D eigenvalue weighted by Gasteiger charge is 2.25. The van der Waals surface area contributed by atoms with Crippen molar-refractivity contribution in [3.8, 4) is 0 Å². The van der Waals surface area contributed by atoms with Crippen LogP contribution in [0.5, 0.6) is 0 Å². The Bertz CT molecular complexity index is 779. The van der Waals surface area contributed by atoms with Gasteiger partial charge < -0.3 is 9.84 Å². The van der Waals surface area contributed by atoms with Crippen LogP contribution in [0.4, 0.5) is 0 Å². The second kappa shape index (κ2) is 8.09. The number of halogens is 2. The summed E-state index contributed by atoms with van der Waals surface area (Å²) in [5.74, 6) is 0.776. The molecule has 1 fully saturated rings. The van der Waals surface area contributed by atoms with Crippen LogP contribution >= 0.6 is 35.3 Å². The fourth-order valence-corrected chi connectivity index (χ4v) is 4.74. The summed E-state index contributed by atoms with van der Waals surface area (Å²) in [6.45, 7) is 2.48. The van der Waals surface area contributed by atoms with Crippen molar-refractivity contribution in [1.82, 2.24) is 25.1 Å². The average Bonchev–Trinajstić information content (AvgIpc) is 3.15. The van der Waals surface area contributed by atoms with E-state index in [4.69, 9.17) is 16.1 Å². The highest BCUT2D eigenvalue weighted by Crippen LogP contribution is 2.25. The Hall–Kier alpha value is -0.750. The number of rotatable bonds is 5. The molecule has 8 nitrogen and oxygen atoms in total. The lowest BCUT2D eigenvalue weighted by atomic mass is 10.2. The van der Waals surface area contributed by atoms with Gasteiger partial charge >= 0.3 is 0 Å². The van der Waals surface area contributed by atoms with E-state index in [0.29, 0.717) is 10.2 Å². The summed E-state index contributed by atoms with van der Waals surface area (Å²) in [5.41, 5.74) is 0. The molecule has 1 atom stereocenters. The molecule has 0 spiro atoms. The van der Waals surface area contributed by atoms with Crippen LogP contribution in [0.1, 0.15) is 17.8 Å². The Morgan fingerprint density at radius 1 is 1.54 bits per heavy atom. The highest BCUT2D eigenvalue weighted by atomic mass is 35.5. The molecule has 2 aromatic heterocycles. The summed E-state index contributed by atoms with van der Waals surface area (Å²) in [5, 5.41) is 7.21. The van der Waals surface area contributed by atoms with Crippen molar-refractivity contribution >= 4 is 45.4 Å². The predicted molar refractivity (Wildman–Crippen MR) is 93.1 cm³/mol. The quantitative estimate of drug-likeness (QED) is 0.760. The summed E-state index contributed by atoms with van der Waals surface area (Å²) in [6, 6.07) is 3.02. The largest absolute Gasteiger partial charge is 0.338 e. The number of nitrogens with one attached hydrogen (secondary N) is 2. The number of thiophene rings is 1. The van der Waals surface area contributed by atoms with Gasteiger partial charge in [0.15, 0.2) is 5.82 Å². The molecule has 0 aromatic carbocycles. The highest BCUT2D eigenvalue weighted by molar-refractivity contribution is 7.91. The third-order valence-corrected chi connectivity index (χ3v) is 6.64. The standard InChI is InChI=1S/C12H16ClN5O3S2.ClH/c1-18-5-4-14-6-8(18)12-16-10(21-17-12)7-15-23(19,20)11-3-2-9(13)22-11;/h2-3,8,14-15H,4-7H2,1H3;1H. The van der Waals surface area contributed by atoms with Crippen molar-refractivity contribution in [3.63, 3.8) is 0 Å². The zero-order valence-corrected chi connectivity index (χ0v) is 15.9. The predicted octanol–water partition coefficient (Wildman–Crippen LogP) is 1.26. The molecule has 0 amide bonds. The third kappa shape index (κ3) is 4.45. The molecule has 1 aliphatic rings. The van der Waals surface area contributed by atoms with Crippen molar-refractivity contribution in [2.24, 2.45) is 0 Å². The second-order valence-electron chi connectivity index (χ2n) is 5.13. The monoisotopic (exact) mass is 413 g/mol. The van der Waals surface area contributed by atoms with Crippen molar-refractivity contribution in [2.45, 2.75) is 16.8 Å². The van der Waals surface area contributed by atoms with Gasteiger partial charge in [-0.25, -0.2) is 13.1 Å². The zero-order chi connectivity index (χ0) is 16.4. The van der Waals surface area contributed by atoms with Gasteiger partial charge in [-0.05, 0) is 19.2 Å². The fraction of sp³-hybridized carbons (Fsp3) is 0.500. The van der Waals surface area contributed by atoms with Crippen molar-refractivity contribution in [1.29, 1.82) is 0 Å². The lowest BCUT2D eigenvalue weighted by Crippen LogP contribution is -2.44. The molecule has 2 N–H and O–H groups in total. The fourth-order valence-electron chi connectivity index (χ4n) is 2.24. The molecule has 2 aromatic rings. The van der Waals surface area contributed by atoms with E-state index in [-0.39, 0.29) is 35.1 Å². The Balaban J connectivity index is 0.00000208. The number of sulfonamides is 1. The van der Waals surface area contributed by atoms with Crippen molar-refractivity contribution < 1.29 is 12.9 Å². The maximum absolute atomic E-state index is 12.1. The lowest BCUT2D eigenvalue weighted by molar-refractivity contribution is 0.190. The van der Waals surface area contributed by atoms with Gasteiger partial charge in [-0.1, -0.05) is 16.8 Å². The molecule has 1 aliphatic heterocycles. The third-order valence-electron chi connectivity index (χ3n) is 3.52. The topological polar surface area (TPSA) is 100 Å². The molecule has 12 heteroatoms. The van der Waals surface area contributed by atoms with Gasteiger partial charge in [-0.3, -0.25) is 4.90 Å². The Morgan fingerprint density at radius 2 is 2.33 bits per heavy atom. The molecular weight excluding hydrogens is 397 g/mol. The smallest absolute Gasteiger partial charge is 0.250 e.